The monoisotopic (exact) mass is 535 g/mol. The van der Waals surface area contributed by atoms with Crippen molar-refractivity contribution in [2.45, 2.75) is 25.4 Å². The van der Waals surface area contributed by atoms with Gasteiger partial charge in [0.1, 0.15) is 6.10 Å². The molecule has 3 aromatic rings. The summed E-state index contributed by atoms with van der Waals surface area (Å²) in [7, 11) is 3.09. The molecule has 2 aliphatic heterocycles. The number of benzene rings is 3. The number of hydrogen-bond acceptors (Lipinski definition) is 8. The van der Waals surface area contributed by atoms with Gasteiger partial charge in [0.2, 0.25) is 24.2 Å². The summed E-state index contributed by atoms with van der Waals surface area (Å²) in [6.07, 6.45) is 2.45. The van der Waals surface area contributed by atoms with Crippen LogP contribution in [0, 0.1) is 0 Å². The Labute approximate surface area is 224 Å². The van der Waals surface area contributed by atoms with Crippen molar-refractivity contribution in [1.82, 2.24) is 5.43 Å². The van der Waals surface area contributed by atoms with Gasteiger partial charge in [0, 0.05) is 29.0 Å². The van der Waals surface area contributed by atoms with Crippen molar-refractivity contribution < 1.29 is 28.6 Å². The van der Waals surface area contributed by atoms with Gasteiger partial charge in [-0.05, 0) is 23.3 Å². The lowest BCUT2D eigenvalue weighted by Gasteiger charge is -2.19. The van der Waals surface area contributed by atoms with E-state index >= 15 is 0 Å². The van der Waals surface area contributed by atoms with Gasteiger partial charge in [0.05, 0.1) is 32.6 Å². The molecule has 3 aromatic carbocycles. The highest BCUT2D eigenvalue weighted by Gasteiger charge is 2.33. The minimum atomic E-state index is -0.278. The fraction of sp³-hybridized carbons (Fsp3) is 0.250. The van der Waals surface area contributed by atoms with Crippen LogP contribution in [0.2, 0.25) is 5.02 Å². The maximum atomic E-state index is 12.4. The van der Waals surface area contributed by atoms with Crippen LogP contribution in [-0.4, -0.2) is 44.9 Å². The summed E-state index contributed by atoms with van der Waals surface area (Å²) in [6, 6.07) is 16.9. The minimum absolute atomic E-state index is 0.0171. The largest absolute Gasteiger partial charge is 0.492 e. The molecule has 0 aliphatic carbocycles. The molecular formula is C28H26ClN3O6. The van der Waals surface area contributed by atoms with Crippen molar-refractivity contribution in [3.8, 4) is 23.0 Å². The van der Waals surface area contributed by atoms with Crippen molar-refractivity contribution in [3.05, 3.63) is 81.9 Å². The molecule has 1 unspecified atom stereocenters. The number of hydrogen-bond donors (Lipinski definition) is 1. The Morgan fingerprint density at radius 3 is 2.55 bits per heavy atom. The molecule has 0 radical (unpaired) electrons. The van der Waals surface area contributed by atoms with Crippen molar-refractivity contribution in [2.24, 2.45) is 10.3 Å². The fourth-order valence-electron chi connectivity index (χ4n) is 4.46. The molecule has 0 saturated heterocycles. The molecule has 38 heavy (non-hydrogen) atoms. The lowest BCUT2D eigenvalue weighted by Crippen LogP contribution is -2.20. The zero-order chi connectivity index (χ0) is 26.5. The zero-order valence-corrected chi connectivity index (χ0v) is 21.7. The maximum Gasteiger partial charge on any atom is 0.244 e. The smallest absolute Gasteiger partial charge is 0.244 e. The lowest BCUT2D eigenvalue weighted by atomic mass is 9.95. The van der Waals surface area contributed by atoms with E-state index in [0.717, 1.165) is 22.4 Å². The summed E-state index contributed by atoms with van der Waals surface area (Å²) < 4.78 is 22.8. The predicted molar refractivity (Wildman–Crippen MR) is 143 cm³/mol. The number of halogens is 1. The SMILES string of the molecule is COc1c(CC2CC(c3ccc(Cl)cc3)=NO2)c(C=NNC(=O)Cc2ccccc2)c2c(c1OC)OCO2. The maximum absolute atomic E-state index is 12.4. The average molecular weight is 536 g/mol. The van der Waals surface area contributed by atoms with Crippen molar-refractivity contribution >= 4 is 29.4 Å². The molecule has 196 valence electrons. The molecule has 9 nitrogen and oxygen atoms in total. The topological polar surface area (TPSA) is 100.0 Å². The first-order valence-electron chi connectivity index (χ1n) is 12.0. The van der Waals surface area contributed by atoms with Crippen molar-refractivity contribution in [1.29, 1.82) is 0 Å². The van der Waals surface area contributed by atoms with Crippen LogP contribution < -0.4 is 24.4 Å². The van der Waals surface area contributed by atoms with Crippen LogP contribution in [0.4, 0.5) is 0 Å². The Kier molecular flexibility index (Phi) is 7.65. The number of methoxy groups -OCH3 is 2. The van der Waals surface area contributed by atoms with E-state index < -0.39 is 0 Å². The highest BCUT2D eigenvalue weighted by atomic mass is 35.5. The number of hydrazone groups is 1. The zero-order valence-electron chi connectivity index (χ0n) is 20.9. The second-order valence-corrected chi connectivity index (χ2v) is 9.10. The van der Waals surface area contributed by atoms with Gasteiger partial charge >= 0.3 is 0 Å². The molecule has 0 aromatic heterocycles. The molecule has 10 heteroatoms. The van der Waals surface area contributed by atoms with E-state index in [2.05, 4.69) is 15.7 Å². The van der Waals surface area contributed by atoms with Crippen LogP contribution in [0.5, 0.6) is 23.0 Å². The summed E-state index contributed by atoms with van der Waals surface area (Å²) in [6.45, 7) is 0.0171. The molecule has 2 heterocycles. The summed E-state index contributed by atoms with van der Waals surface area (Å²) in [5.41, 5.74) is 6.56. The highest BCUT2D eigenvalue weighted by molar-refractivity contribution is 6.30. The molecule has 0 bridgehead atoms. The van der Waals surface area contributed by atoms with Gasteiger partial charge in [-0.25, -0.2) is 5.43 Å². The Bertz CT molecular complexity index is 1380. The van der Waals surface area contributed by atoms with Crippen LogP contribution in [0.15, 0.2) is 64.9 Å². The van der Waals surface area contributed by atoms with E-state index in [9.17, 15) is 4.79 Å². The van der Waals surface area contributed by atoms with Gasteiger partial charge in [-0.2, -0.15) is 5.10 Å². The van der Waals surface area contributed by atoms with Gasteiger partial charge in [0.25, 0.3) is 0 Å². The lowest BCUT2D eigenvalue weighted by molar-refractivity contribution is -0.120. The first-order valence-corrected chi connectivity index (χ1v) is 12.4. The molecule has 1 amide bonds. The molecule has 0 saturated carbocycles. The number of ether oxygens (including phenoxy) is 4. The number of carbonyl (C=O) groups is 1. The molecule has 0 fully saturated rings. The first-order chi connectivity index (χ1) is 18.6. The van der Waals surface area contributed by atoms with E-state index in [1.165, 1.54) is 13.3 Å². The summed E-state index contributed by atoms with van der Waals surface area (Å²) in [5.74, 6) is 1.50. The van der Waals surface area contributed by atoms with E-state index in [1.807, 2.05) is 54.6 Å². The number of oxime groups is 1. The van der Waals surface area contributed by atoms with Crippen LogP contribution in [0.3, 0.4) is 0 Å². The van der Waals surface area contributed by atoms with Gasteiger partial charge in [-0.1, -0.05) is 59.2 Å². The third-order valence-corrected chi connectivity index (χ3v) is 6.46. The summed E-state index contributed by atoms with van der Waals surface area (Å²) in [5, 5.41) is 9.16. The van der Waals surface area contributed by atoms with E-state index in [-0.39, 0.29) is 25.2 Å². The number of rotatable bonds is 9. The fourth-order valence-corrected chi connectivity index (χ4v) is 4.58. The Morgan fingerprint density at radius 2 is 1.82 bits per heavy atom. The summed E-state index contributed by atoms with van der Waals surface area (Å²) >= 11 is 6.02. The van der Waals surface area contributed by atoms with Crippen molar-refractivity contribution in [3.63, 3.8) is 0 Å². The first kappa shape index (κ1) is 25.4. The molecule has 1 N–H and O–H groups in total. The third-order valence-electron chi connectivity index (χ3n) is 6.21. The number of nitrogens with one attached hydrogen (secondary N) is 1. The van der Waals surface area contributed by atoms with Crippen LogP contribution in [-0.2, 0) is 22.5 Å². The average Bonchev–Trinajstić information content (AvgIpc) is 3.60. The second kappa shape index (κ2) is 11.4. The molecule has 0 spiro atoms. The Hall–Kier alpha value is -4.24. The molecule has 1 atom stereocenters. The van der Waals surface area contributed by atoms with E-state index in [0.29, 0.717) is 46.4 Å². The molecule has 5 rings (SSSR count). The number of nitrogens with zero attached hydrogens (tertiary/aromatic N) is 2. The quantitative estimate of drug-likeness (QED) is 0.319. The number of amides is 1. The van der Waals surface area contributed by atoms with Crippen LogP contribution in [0.1, 0.15) is 28.7 Å². The van der Waals surface area contributed by atoms with Gasteiger partial charge in [0.15, 0.2) is 11.5 Å². The highest BCUT2D eigenvalue weighted by Crippen LogP contribution is 2.52. The molecule has 2 aliphatic rings. The van der Waals surface area contributed by atoms with E-state index in [1.54, 1.807) is 7.11 Å². The number of fused-ring (bicyclic) bond motifs is 1. The Morgan fingerprint density at radius 1 is 1.08 bits per heavy atom. The normalized spacial score (nSPS) is 15.8. The summed E-state index contributed by atoms with van der Waals surface area (Å²) in [4.78, 5) is 18.2. The van der Waals surface area contributed by atoms with Gasteiger partial charge in [-0.3, -0.25) is 4.79 Å². The second-order valence-electron chi connectivity index (χ2n) is 8.66. The Balaban J connectivity index is 1.40. The van der Waals surface area contributed by atoms with Crippen LogP contribution in [0.25, 0.3) is 0 Å². The minimum Gasteiger partial charge on any atom is -0.492 e. The number of carbonyl (C=O) groups excluding carboxylic acids is 1. The van der Waals surface area contributed by atoms with Crippen LogP contribution >= 0.6 is 11.6 Å². The predicted octanol–water partition coefficient (Wildman–Crippen LogP) is 4.51. The van der Waals surface area contributed by atoms with Gasteiger partial charge in [-0.15, -0.1) is 0 Å². The van der Waals surface area contributed by atoms with Gasteiger partial charge < -0.3 is 23.8 Å². The standard InChI is InChI=1S/C28H26ClN3O6/c1-34-25-21(13-20-14-23(32-38-20)18-8-10-19(29)11-9-18)22(26-28(27(25)35-2)37-16-36-26)15-30-31-24(33)12-17-6-4-3-5-7-17/h3-11,15,20H,12-14,16H2,1-2H3,(H,31,33). The van der Waals surface area contributed by atoms with Crippen molar-refractivity contribution in [2.75, 3.05) is 21.0 Å². The molecular weight excluding hydrogens is 510 g/mol. The van der Waals surface area contributed by atoms with E-state index in [4.69, 9.17) is 35.4 Å². The third kappa shape index (κ3) is 5.38.